The second-order valence-electron chi connectivity index (χ2n) is 7.24. The molecule has 1 aliphatic heterocycles. The van der Waals surface area contributed by atoms with Crippen LogP contribution in [-0.4, -0.2) is 67.2 Å². The van der Waals surface area contributed by atoms with Gasteiger partial charge in [-0.25, -0.2) is 9.97 Å². The minimum Gasteiger partial charge on any atom is -0.497 e. The van der Waals surface area contributed by atoms with E-state index in [0.717, 1.165) is 57.9 Å². The summed E-state index contributed by atoms with van der Waals surface area (Å²) in [6.45, 7) is 9.19. The van der Waals surface area contributed by atoms with Gasteiger partial charge in [-0.1, -0.05) is 13.8 Å². The van der Waals surface area contributed by atoms with Gasteiger partial charge in [0, 0.05) is 57.3 Å². The number of carbonyl (C=O) groups excluding carboxylic acids is 1. The number of carbonyl (C=O) groups is 1. The van der Waals surface area contributed by atoms with Gasteiger partial charge in [0.2, 0.25) is 5.95 Å². The summed E-state index contributed by atoms with van der Waals surface area (Å²) in [5, 5.41) is 0. The maximum atomic E-state index is 12.7. The highest BCUT2D eigenvalue weighted by Crippen LogP contribution is 2.21. The lowest BCUT2D eigenvalue weighted by molar-refractivity contribution is 0.0754. The van der Waals surface area contributed by atoms with E-state index in [1.54, 1.807) is 19.5 Å². The summed E-state index contributed by atoms with van der Waals surface area (Å²) in [6, 6.07) is 8.15. The number of rotatable bonds is 8. The summed E-state index contributed by atoms with van der Waals surface area (Å²) in [7, 11) is 1.68. The normalized spacial score (nSPS) is 14.0. The Balaban J connectivity index is 1.58. The van der Waals surface area contributed by atoms with E-state index >= 15 is 0 Å². The third kappa shape index (κ3) is 5.16. The van der Waals surface area contributed by atoms with Crippen molar-refractivity contribution in [2.75, 3.05) is 56.2 Å². The van der Waals surface area contributed by atoms with Crippen LogP contribution < -0.4 is 14.5 Å². The maximum Gasteiger partial charge on any atom is 0.256 e. The number of methoxy groups -OCH3 is 1. The lowest BCUT2D eigenvalue weighted by Crippen LogP contribution is -2.47. The molecule has 156 valence electrons. The molecule has 0 atom stereocenters. The Bertz CT molecular complexity index is 765. The third-order valence-electron chi connectivity index (χ3n) is 5.16. The molecular weight excluding hydrogens is 366 g/mol. The largest absolute Gasteiger partial charge is 0.497 e. The zero-order chi connectivity index (χ0) is 20.6. The van der Waals surface area contributed by atoms with Gasteiger partial charge in [-0.05, 0) is 37.1 Å². The van der Waals surface area contributed by atoms with Gasteiger partial charge >= 0.3 is 0 Å². The first-order valence-corrected chi connectivity index (χ1v) is 10.4. The molecule has 1 aromatic heterocycles. The van der Waals surface area contributed by atoms with Gasteiger partial charge in [-0.15, -0.1) is 0 Å². The average Bonchev–Trinajstić information content (AvgIpc) is 2.79. The summed E-state index contributed by atoms with van der Waals surface area (Å²) in [6.07, 6.45) is 5.23. The zero-order valence-electron chi connectivity index (χ0n) is 17.7. The lowest BCUT2D eigenvalue weighted by atomic mass is 10.2. The van der Waals surface area contributed by atoms with Crippen molar-refractivity contribution < 1.29 is 9.53 Å². The molecule has 0 saturated carbocycles. The van der Waals surface area contributed by atoms with Crippen LogP contribution in [0.1, 0.15) is 37.0 Å². The first kappa shape index (κ1) is 20.9. The molecule has 1 saturated heterocycles. The Morgan fingerprint density at radius 1 is 0.966 bits per heavy atom. The van der Waals surface area contributed by atoms with Crippen LogP contribution in [0.5, 0.6) is 5.75 Å². The van der Waals surface area contributed by atoms with Gasteiger partial charge in [0.05, 0.1) is 12.7 Å². The zero-order valence-corrected chi connectivity index (χ0v) is 17.7. The Hall–Kier alpha value is -2.83. The van der Waals surface area contributed by atoms with Crippen molar-refractivity contribution >= 4 is 17.5 Å². The van der Waals surface area contributed by atoms with Gasteiger partial charge in [0.25, 0.3) is 5.91 Å². The van der Waals surface area contributed by atoms with Crippen LogP contribution in [0.15, 0.2) is 36.7 Å². The van der Waals surface area contributed by atoms with Crippen LogP contribution in [-0.2, 0) is 0 Å². The van der Waals surface area contributed by atoms with E-state index in [-0.39, 0.29) is 5.91 Å². The van der Waals surface area contributed by atoms with Crippen LogP contribution >= 0.6 is 0 Å². The lowest BCUT2D eigenvalue weighted by Gasteiger charge is -2.36. The summed E-state index contributed by atoms with van der Waals surface area (Å²) in [5.41, 5.74) is 1.76. The fourth-order valence-electron chi connectivity index (χ4n) is 3.59. The molecule has 1 amide bonds. The molecule has 29 heavy (non-hydrogen) atoms. The van der Waals surface area contributed by atoms with Gasteiger partial charge in [-0.2, -0.15) is 0 Å². The predicted octanol–water partition coefficient (Wildman–Crippen LogP) is 3.07. The van der Waals surface area contributed by atoms with Crippen LogP contribution in [0.3, 0.4) is 0 Å². The Labute approximate surface area is 173 Å². The Morgan fingerprint density at radius 2 is 1.52 bits per heavy atom. The van der Waals surface area contributed by atoms with E-state index in [4.69, 9.17) is 4.74 Å². The number of amides is 1. The van der Waals surface area contributed by atoms with Crippen molar-refractivity contribution in [3.8, 4) is 5.75 Å². The van der Waals surface area contributed by atoms with E-state index in [1.807, 2.05) is 17.0 Å². The highest BCUT2D eigenvalue weighted by Gasteiger charge is 2.20. The Morgan fingerprint density at radius 3 is 2.03 bits per heavy atom. The number of ether oxygens (including phenoxy) is 1. The van der Waals surface area contributed by atoms with Crippen molar-refractivity contribution in [1.82, 2.24) is 14.9 Å². The molecule has 3 rings (SSSR count). The van der Waals surface area contributed by atoms with Gasteiger partial charge in [-0.3, -0.25) is 4.79 Å². The molecule has 1 aromatic carbocycles. The van der Waals surface area contributed by atoms with E-state index in [2.05, 4.69) is 45.7 Å². The van der Waals surface area contributed by atoms with E-state index < -0.39 is 0 Å². The molecule has 2 heterocycles. The maximum absolute atomic E-state index is 12.7. The standard InChI is InChI=1S/C22H31N5O2/c1-4-10-26(11-5-2)21(28)18-16-23-22(24-17-18)27-14-12-25(13-15-27)19-6-8-20(29-3)9-7-19/h6-9,16-17H,4-5,10-15H2,1-3H3. The van der Waals surface area contributed by atoms with Crippen molar-refractivity contribution in [1.29, 1.82) is 0 Å². The SMILES string of the molecule is CCCN(CCC)C(=O)c1cnc(N2CCN(c3ccc(OC)cc3)CC2)nc1. The van der Waals surface area contributed by atoms with Crippen LogP contribution in [0.2, 0.25) is 0 Å². The van der Waals surface area contributed by atoms with Crippen molar-refractivity contribution in [2.45, 2.75) is 26.7 Å². The van der Waals surface area contributed by atoms with Crippen molar-refractivity contribution in [2.24, 2.45) is 0 Å². The van der Waals surface area contributed by atoms with E-state index in [9.17, 15) is 4.79 Å². The molecule has 0 radical (unpaired) electrons. The number of benzene rings is 1. The topological polar surface area (TPSA) is 61.8 Å². The number of hydrogen-bond acceptors (Lipinski definition) is 6. The highest BCUT2D eigenvalue weighted by molar-refractivity contribution is 5.93. The van der Waals surface area contributed by atoms with Crippen LogP contribution in [0, 0.1) is 0 Å². The first-order chi connectivity index (χ1) is 14.2. The van der Waals surface area contributed by atoms with Crippen LogP contribution in [0.4, 0.5) is 11.6 Å². The van der Waals surface area contributed by atoms with Crippen molar-refractivity contribution in [3.05, 3.63) is 42.2 Å². The molecule has 0 unspecified atom stereocenters. The monoisotopic (exact) mass is 397 g/mol. The minimum absolute atomic E-state index is 0.0181. The van der Waals surface area contributed by atoms with E-state index in [0.29, 0.717) is 11.5 Å². The first-order valence-electron chi connectivity index (χ1n) is 10.4. The number of aromatic nitrogens is 2. The molecule has 7 heteroatoms. The molecule has 0 spiro atoms. The van der Waals surface area contributed by atoms with Gasteiger partial charge < -0.3 is 19.4 Å². The molecule has 1 fully saturated rings. The van der Waals surface area contributed by atoms with Crippen molar-refractivity contribution in [3.63, 3.8) is 0 Å². The predicted molar refractivity (Wildman–Crippen MR) is 116 cm³/mol. The molecule has 7 nitrogen and oxygen atoms in total. The molecule has 0 N–H and O–H groups in total. The number of piperazine rings is 1. The Kier molecular flexibility index (Phi) is 7.27. The second kappa shape index (κ2) is 10.1. The molecular formula is C22H31N5O2. The van der Waals surface area contributed by atoms with Gasteiger partial charge in [0.1, 0.15) is 5.75 Å². The third-order valence-corrected chi connectivity index (χ3v) is 5.16. The molecule has 2 aromatic rings. The fraction of sp³-hybridized carbons (Fsp3) is 0.500. The molecule has 0 aliphatic carbocycles. The van der Waals surface area contributed by atoms with Crippen LogP contribution in [0.25, 0.3) is 0 Å². The highest BCUT2D eigenvalue weighted by atomic mass is 16.5. The van der Waals surface area contributed by atoms with Gasteiger partial charge in [0.15, 0.2) is 0 Å². The number of anilines is 2. The summed E-state index contributed by atoms with van der Waals surface area (Å²) >= 11 is 0. The van der Waals surface area contributed by atoms with E-state index in [1.165, 1.54) is 5.69 Å². The fourth-order valence-corrected chi connectivity index (χ4v) is 3.59. The number of hydrogen-bond donors (Lipinski definition) is 0. The summed E-state index contributed by atoms with van der Waals surface area (Å²) < 4.78 is 5.23. The second-order valence-corrected chi connectivity index (χ2v) is 7.24. The molecule has 1 aliphatic rings. The minimum atomic E-state index is 0.0181. The average molecular weight is 398 g/mol. The molecule has 0 bridgehead atoms. The quantitative estimate of drug-likeness (QED) is 0.682. The summed E-state index contributed by atoms with van der Waals surface area (Å²) in [4.78, 5) is 28.0. The summed E-state index contributed by atoms with van der Waals surface area (Å²) in [5.74, 6) is 1.57. The smallest absolute Gasteiger partial charge is 0.256 e. The number of nitrogens with zero attached hydrogens (tertiary/aromatic N) is 5.